The molecule has 0 saturated carbocycles. The molecule has 2 bridgehead atoms. The molecule has 26 heavy (non-hydrogen) atoms. The SMILES string of the molecule is CN=C(NCC(C)c1ccc(C)cc1)NC1CC2CCCC(C1)N2C.I. The molecule has 146 valence electrons. The van der Waals surface area contributed by atoms with Gasteiger partial charge in [0.1, 0.15) is 0 Å². The van der Waals surface area contributed by atoms with Crippen molar-refractivity contribution in [3.05, 3.63) is 35.4 Å². The van der Waals surface area contributed by atoms with Crippen LogP contribution in [-0.2, 0) is 0 Å². The Balaban J connectivity index is 0.00000243. The van der Waals surface area contributed by atoms with Gasteiger partial charge in [0, 0.05) is 31.7 Å². The van der Waals surface area contributed by atoms with Crippen LogP contribution in [0.25, 0.3) is 0 Å². The van der Waals surface area contributed by atoms with Crippen molar-refractivity contribution in [1.82, 2.24) is 15.5 Å². The molecule has 2 aliphatic heterocycles. The van der Waals surface area contributed by atoms with Gasteiger partial charge < -0.3 is 15.5 Å². The number of nitrogens with one attached hydrogen (secondary N) is 2. The topological polar surface area (TPSA) is 39.7 Å². The maximum Gasteiger partial charge on any atom is 0.191 e. The number of piperidine rings is 2. The van der Waals surface area contributed by atoms with E-state index in [9.17, 15) is 0 Å². The largest absolute Gasteiger partial charge is 0.356 e. The number of aryl methyl sites for hydroxylation is 1. The van der Waals surface area contributed by atoms with Crippen molar-refractivity contribution in [3.8, 4) is 0 Å². The first-order chi connectivity index (χ1) is 12.1. The highest BCUT2D eigenvalue weighted by atomic mass is 127. The van der Waals surface area contributed by atoms with E-state index in [4.69, 9.17) is 0 Å². The molecule has 1 aromatic rings. The molecule has 3 atom stereocenters. The van der Waals surface area contributed by atoms with Gasteiger partial charge in [0.05, 0.1) is 0 Å². The molecule has 2 aliphatic rings. The molecule has 0 amide bonds. The number of benzene rings is 1. The fourth-order valence-corrected chi connectivity index (χ4v) is 4.38. The molecular formula is C21H35IN4. The highest BCUT2D eigenvalue weighted by Gasteiger charge is 2.36. The zero-order valence-electron chi connectivity index (χ0n) is 16.7. The minimum absolute atomic E-state index is 0. The zero-order chi connectivity index (χ0) is 17.8. The third-order valence-electron chi connectivity index (χ3n) is 6.13. The van der Waals surface area contributed by atoms with Crippen LogP contribution in [0.5, 0.6) is 0 Å². The molecule has 3 unspecified atom stereocenters. The highest BCUT2D eigenvalue weighted by molar-refractivity contribution is 14.0. The molecule has 0 spiro atoms. The molecule has 0 aliphatic carbocycles. The van der Waals surface area contributed by atoms with Crippen molar-refractivity contribution < 1.29 is 0 Å². The Morgan fingerprint density at radius 3 is 2.38 bits per heavy atom. The smallest absolute Gasteiger partial charge is 0.191 e. The van der Waals surface area contributed by atoms with E-state index >= 15 is 0 Å². The minimum atomic E-state index is 0. The Morgan fingerprint density at radius 1 is 1.19 bits per heavy atom. The molecule has 2 N–H and O–H groups in total. The van der Waals surface area contributed by atoms with Gasteiger partial charge in [-0.25, -0.2) is 0 Å². The highest BCUT2D eigenvalue weighted by Crippen LogP contribution is 2.32. The molecule has 0 radical (unpaired) electrons. The Kier molecular flexibility index (Phi) is 8.20. The van der Waals surface area contributed by atoms with Gasteiger partial charge in [-0.3, -0.25) is 4.99 Å². The van der Waals surface area contributed by atoms with Gasteiger partial charge in [-0.15, -0.1) is 24.0 Å². The van der Waals surface area contributed by atoms with E-state index in [2.05, 4.69) is 65.7 Å². The summed E-state index contributed by atoms with van der Waals surface area (Å²) in [6.45, 7) is 5.31. The minimum Gasteiger partial charge on any atom is -0.356 e. The van der Waals surface area contributed by atoms with Gasteiger partial charge in [0.15, 0.2) is 5.96 Å². The molecule has 2 fully saturated rings. The summed E-state index contributed by atoms with van der Waals surface area (Å²) in [5.74, 6) is 1.42. The summed E-state index contributed by atoms with van der Waals surface area (Å²) in [5, 5.41) is 7.21. The number of halogens is 1. The van der Waals surface area contributed by atoms with Crippen LogP contribution in [0.15, 0.2) is 29.3 Å². The van der Waals surface area contributed by atoms with Gasteiger partial charge in [0.2, 0.25) is 0 Å². The van der Waals surface area contributed by atoms with Crippen LogP contribution in [0.3, 0.4) is 0 Å². The van der Waals surface area contributed by atoms with E-state index in [1.165, 1.54) is 43.2 Å². The first-order valence-corrected chi connectivity index (χ1v) is 9.82. The van der Waals surface area contributed by atoms with Crippen molar-refractivity contribution >= 4 is 29.9 Å². The second-order valence-corrected chi connectivity index (χ2v) is 7.98. The summed E-state index contributed by atoms with van der Waals surface area (Å²) >= 11 is 0. The number of nitrogens with zero attached hydrogens (tertiary/aromatic N) is 2. The standard InChI is InChI=1S/C21H34N4.HI/c1-15-8-10-17(11-9-15)16(2)14-23-21(22-3)24-18-12-19-6-5-7-20(13-18)25(19)4;/h8-11,16,18-20H,5-7,12-14H2,1-4H3,(H2,22,23,24);1H. The number of hydrogen-bond acceptors (Lipinski definition) is 2. The Labute approximate surface area is 176 Å². The average molecular weight is 470 g/mol. The summed E-state index contributed by atoms with van der Waals surface area (Å²) in [5.41, 5.74) is 2.69. The predicted octanol–water partition coefficient (Wildman–Crippen LogP) is 3.90. The van der Waals surface area contributed by atoms with E-state index in [0.717, 1.165) is 24.6 Å². The monoisotopic (exact) mass is 470 g/mol. The average Bonchev–Trinajstić information content (AvgIpc) is 2.59. The quantitative estimate of drug-likeness (QED) is 0.399. The molecule has 2 saturated heterocycles. The Morgan fingerprint density at radius 2 is 1.81 bits per heavy atom. The van der Waals surface area contributed by atoms with Gasteiger partial charge in [-0.2, -0.15) is 0 Å². The number of rotatable bonds is 4. The van der Waals surface area contributed by atoms with Crippen LogP contribution in [-0.4, -0.2) is 49.6 Å². The fourth-order valence-electron chi connectivity index (χ4n) is 4.38. The number of fused-ring (bicyclic) bond motifs is 2. The first-order valence-electron chi connectivity index (χ1n) is 9.82. The molecule has 0 aromatic heterocycles. The molecule has 5 heteroatoms. The summed E-state index contributed by atoms with van der Waals surface area (Å²) in [7, 11) is 4.18. The van der Waals surface area contributed by atoms with Crippen LogP contribution >= 0.6 is 24.0 Å². The van der Waals surface area contributed by atoms with Crippen LogP contribution in [0.1, 0.15) is 56.1 Å². The number of guanidine groups is 1. The lowest BCUT2D eigenvalue weighted by molar-refractivity contribution is 0.0526. The first kappa shape index (κ1) is 21.5. The second-order valence-electron chi connectivity index (χ2n) is 7.98. The zero-order valence-corrected chi connectivity index (χ0v) is 19.0. The molecule has 3 rings (SSSR count). The van der Waals surface area contributed by atoms with E-state index in [1.54, 1.807) is 0 Å². The third-order valence-corrected chi connectivity index (χ3v) is 6.13. The lowest BCUT2D eigenvalue weighted by Gasteiger charge is -2.47. The van der Waals surface area contributed by atoms with Crippen molar-refractivity contribution in [1.29, 1.82) is 0 Å². The summed E-state index contributed by atoms with van der Waals surface area (Å²) in [4.78, 5) is 7.06. The molecule has 2 heterocycles. The molecule has 4 nitrogen and oxygen atoms in total. The lowest BCUT2D eigenvalue weighted by atomic mass is 9.82. The summed E-state index contributed by atoms with van der Waals surface area (Å²) in [6, 6.07) is 10.9. The summed E-state index contributed by atoms with van der Waals surface area (Å²) < 4.78 is 0. The molecule has 1 aromatic carbocycles. The maximum atomic E-state index is 4.46. The van der Waals surface area contributed by atoms with E-state index in [1.807, 2.05) is 7.05 Å². The molecular weight excluding hydrogens is 435 g/mol. The van der Waals surface area contributed by atoms with Crippen LogP contribution in [0.2, 0.25) is 0 Å². The van der Waals surface area contributed by atoms with Gasteiger partial charge >= 0.3 is 0 Å². The van der Waals surface area contributed by atoms with E-state index in [-0.39, 0.29) is 24.0 Å². The van der Waals surface area contributed by atoms with Crippen molar-refractivity contribution in [3.63, 3.8) is 0 Å². The van der Waals surface area contributed by atoms with Crippen molar-refractivity contribution in [2.45, 2.75) is 70.0 Å². The van der Waals surface area contributed by atoms with Crippen molar-refractivity contribution in [2.24, 2.45) is 4.99 Å². The Hall–Kier alpha value is -0.820. The normalized spacial score (nSPS) is 27.4. The second kappa shape index (κ2) is 9.93. The fraction of sp³-hybridized carbons (Fsp3) is 0.667. The van der Waals surface area contributed by atoms with Crippen LogP contribution in [0.4, 0.5) is 0 Å². The van der Waals surface area contributed by atoms with Gasteiger partial charge in [-0.05, 0) is 51.1 Å². The summed E-state index contributed by atoms with van der Waals surface area (Å²) in [6.07, 6.45) is 6.57. The number of aliphatic imine (C=N–C) groups is 1. The van der Waals surface area contributed by atoms with Crippen molar-refractivity contribution in [2.75, 3.05) is 20.6 Å². The van der Waals surface area contributed by atoms with Gasteiger partial charge in [-0.1, -0.05) is 43.2 Å². The third kappa shape index (κ3) is 5.35. The Bertz CT molecular complexity index is 572. The number of hydrogen-bond donors (Lipinski definition) is 2. The predicted molar refractivity (Wildman–Crippen MR) is 122 cm³/mol. The maximum absolute atomic E-state index is 4.46. The van der Waals surface area contributed by atoms with Crippen LogP contribution < -0.4 is 10.6 Å². The van der Waals surface area contributed by atoms with Crippen LogP contribution in [0, 0.1) is 6.92 Å². The van der Waals surface area contributed by atoms with E-state index < -0.39 is 0 Å². The van der Waals surface area contributed by atoms with Gasteiger partial charge in [0.25, 0.3) is 0 Å². The van der Waals surface area contributed by atoms with E-state index in [0.29, 0.717) is 12.0 Å². The lowest BCUT2D eigenvalue weighted by Crippen LogP contribution is -2.56.